The average Bonchev–Trinajstić information content (AvgIpc) is 2.63. The van der Waals surface area contributed by atoms with Crippen molar-refractivity contribution >= 4 is 11.7 Å². The van der Waals surface area contributed by atoms with Gasteiger partial charge in [0.25, 0.3) is 0 Å². The second-order valence-electron chi connectivity index (χ2n) is 6.49. The quantitative estimate of drug-likeness (QED) is 0.876. The average molecular weight is 363 g/mol. The maximum Gasteiger partial charge on any atom is 0.321 e. The Hall–Kier alpha value is -2.57. The number of anilines is 1. The van der Waals surface area contributed by atoms with Crippen LogP contribution in [0.3, 0.4) is 0 Å². The molecule has 1 aromatic carbocycles. The third-order valence-corrected chi connectivity index (χ3v) is 4.75. The minimum absolute atomic E-state index is 0.110. The number of aryl methyl sites for hydroxylation is 1. The number of pyridine rings is 1. The summed E-state index contributed by atoms with van der Waals surface area (Å²) in [5.74, 6) is -1.28. The molecule has 0 saturated carbocycles. The van der Waals surface area contributed by atoms with Crippen molar-refractivity contribution in [2.75, 3.05) is 18.4 Å². The molecule has 26 heavy (non-hydrogen) atoms. The highest BCUT2D eigenvalue weighted by Gasteiger charge is 2.23. The van der Waals surface area contributed by atoms with E-state index < -0.39 is 17.5 Å². The molecule has 1 aliphatic heterocycles. The van der Waals surface area contributed by atoms with E-state index in [9.17, 15) is 18.0 Å². The first-order valence-electron chi connectivity index (χ1n) is 8.62. The van der Waals surface area contributed by atoms with E-state index in [0.717, 1.165) is 31.5 Å². The highest BCUT2D eigenvalue weighted by atomic mass is 19.1. The molecule has 3 rings (SSSR count). The van der Waals surface area contributed by atoms with Crippen molar-refractivity contribution in [1.82, 2.24) is 9.88 Å². The highest BCUT2D eigenvalue weighted by Crippen LogP contribution is 2.24. The van der Waals surface area contributed by atoms with Crippen molar-refractivity contribution in [2.45, 2.75) is 25.7 Å². The predicted octanol–water partition coefficient (Wildman–Crippen LogP) is 4.38. The number of carbonyl (C=O) groups excluding carboxylic acids is 1. The van der Waals surface area contributed by atoms with Gasteiger partial charge in [0.05, 0.1) is 11.9 Å². The zero-order valence-corrected chi connectivity index (χ0v) is 14.2. The Morgan fingerprint density at radius 3 is 2.62 bits per heavy atom. The number of amides is 2. The minimum atomic E-state index is -0.573. The Kier molecular flexibility index (Phi) is 5.75. The van der Waals surface area contributed by atoms with Gasteiger partial charge in [-0.3, -0.25) is 4.98 Å². The molecule has 0 aliphatic carbocycles. The predicted molar refractivity (Wildman–Crippen MR) is 92.2 cm³/mol. The van der Waals surface area contributed by atoms with Crippen molar-refractivity contribution in [2.24, 2.45) is 5.92 Å². The summed E-state index contributed by atoms with van der Waals surface area (Å²) in [6.45, 7) is 1.13. The SMILES string of the molecule is O=C(Nc1ccncc1F)N1CCC(CCc2ccc(F)cc2F)CC1. The number of carbonyl (C=O) groups is 1. The van der Waals surface area contributed by atoms with Crippen molar-refractivity contribution in [3.05, 3.63) is 59.7 Å². The number of halogens is 3. The van der Waals surface area contributed by atoms with E-state index in [1.165, 1.54) is 24.4 Å². The van der Waals surface area contributed by atoms with E-state index in [4.69, 9.17) is 0 Å². The Morgan fingerprint density at radius 1 is 1.15 bits per heavy atom. The van der Waals surface area contributed by atoms with Crippen LogP contribution in [-0.2, 0) is 6.42 Å². The molecular weight excluding hydrogens is 343 g/mol. The molecule has 7 heteroatoms. The van der Waals surface area contributed by atoms with Crippen LogP contribution >= 0.6 is 0 Å². The molecular formula is C19H20F3N3O. The first-order chi connectivity index (χ1) is 12.5. The molecule has 2 aromatic rings. The number of rotatable bonds is 4. The van der Waals surface area contributed by atoms with E-state index in [0.29, 0.717) is 31.0 Å². The molecule has 1 aromatic heterocycles. The molecule has 0 radical (unpaired) electrons. The highest BCUT2D eigenvalue weighted by molar-refractivity contribution is 5.89. The fourth-order valence-electron chi connectivity index (χ4n) is 3.18. The van der Waals surface area contributed by atoms with Crippen molar-refractivity contribution in [3.8, 4) is 0 Å². The van der Waals surface area contributed by atoms with E-state index in [1.54, 1.807) is 4.90 Å². The Bertz CT molecular complexity index is 776. The molecule has 138 valence electrons. The number of urea groups is 1. The Labute approximate surface area is 150 Å². The lowest BCUT2D eigenvalue weighted by atomic mass is 9.90. The van der Waals surface area contributed by atoms with Gasteiger partial charge < -0.3 is 10.2 Å². The molecule has 1 saturated heterocycles. The maximum absolute atomic E-state index is 13.7. The zero-order chi connectivity index (χ0) is 18.5. The minimum Gasteiger partial charge on any atom is -0.325 e. The Morgan fingerprint density at radius 2 is 1.92 bits per heavy atom. The van der Waals surface area contributed by atoms with Crippen molar-refractivity contribution in [1.29, 1.82) is 0 Å². The van der Waals surface area contributed by atoms with Crippen LogP contribution in [0.25, 0.3) is 0 Å². The summed E-state index contributed by atoms with van der Waals surface area (Å²) in [5.41, 5.74) is 0.624. The molecule has 0 atom stereocenters. The number of nitrogens with zero attached hydrogens (tertiary/aromatic N) is 2. The van der Waals surface area contributed by atoms with Gasteiger partial charge in [0.2, 0.25) is 0 Å². The number of nitrogens with one attached hydrogen (secondary N) is 1. The number of likely N-dealkylation sites (tertiary alicyclic amines) is 1. The fraction of sp³-hybridized carbons (Fsp3) is 0.368. The van der Waals surface area contributed by atoms with Gasteiger partial charge in [-0.15, -0.1) is 0 Å². The lowest BCUT2D eigenvalue weighted by molar-refractivity contribution is 0.180. The standard InChI is InChI=1S/C19H20F3N3O/c20-15-4-3-14(16(21)11-15)2-1-13-6-9-25(10-7-13)19(26)24-18-5-8-23-12-17(18)22/h3-5,8,11-13H,1-2,6-7,9-10H2,(H,23,24,26). The third kappa shape index (κ3) is 4.53. The largest absolute Gasteiger partial charge is 0.325 e. The van der Waals surface area contributed by atoms with E-state index >= 15 is 0 Å². The summed E-state index contributed by atoms with van der Waals surface area (Å²) >= 11 is 0. The molecule has 1 N–H and O–H groups in total. The van der Waals surface area contributed by atoms with Gasteiger partial charge in [-0.05, 0) is 49.3 Å². The molecule has 2 amide bonds. The van der Waals surface area contributed by atoms with Gasteiger partial charge in [0, 0.05) is 25.4 Å². The van der Waals surface area contributed by atoms with Crippen LogP contribution in [0.5, 0.6) is 0 Å². The summed E-state index contributed by atoms with van der Waals surface area (Å²) < 4.78 is 40.2. The van der Waals surface area contributed by atoms with Crippen LogP contribution in [0.15, 0.2) is 36.7 Å². The number of aromatic nitrogens is 1. The molecule has 4 nitrogen and oxygen atoms in total. The lowest BCUT2D eigenvalue weighted by Crippen LogP contribution is -2.41. The van der Waals surface area contributed by atoms with Crippen LogP contribution in [-0.4, -0.2) is 29.0 Å². The second-order valence-corrected chi connectivity index (χ2v) is 6.49. The topological polar surface area (TPSA) is 45.2 Å². The second kappa shape index (κ2) is 8.21. The van der Waals surface area contributed by atoms with E-state index in [-0.39, 0.29) is 11.7 Å². The molecule has 0 unspecified atom stereocenters. The Balaban J connectivity index is 1.46. The first-order valence-corrected chi connectivity index (χ1v) is 8.62. The first kappa shape index (κ1) is 18.2. The molecule has 1 aliphatic rings. The monoisotopic (exact) mass is 363 g/mol. The smallest absolute Gasteiger partial charge is 0.321 e. The number of piperidine rings is 1. The summed E-state index contributed by atoms with van der Waals surface area (Å²) in [6, 6.07) is 4.73. The van der Waals surface area contributed by atoms with E-state index in [2.05, 4.69) is 10.3 Å². The zero-order valence-electron chi connectivity index (χ0n) is 14.2. The van der Waals surface area contributed by atoms with Crippen molar-refractivity contribution in [3.63, 3.8) is 0 Å². The van der Waals surface area contributed by atoms with Gasteiger partial charge in [-0.25, -0.2) is 18.0 Å². The number of hydrogen-bond acceptors (Lipinski definition) is 2. The van der Waals surface area contributed by atoms with Crippen molar-refractivity contribution < 1.29 is 18.0 Å². The van der Waals surface area contributed by atoms with Crippen LogP contribution in [0, 0.1) is 23.4 Å². The lowest BCUT2D eigenvalue weighted by Gasteiger charge is -2.32. The van der Waals surface area contributed by atoms with Gasteiger partial charge in [0.15, 0.2) is 5.82 Å². The van der Waals surface area contributed by atoms with Gasteiger partial charge in [-0.1, -0.05) is 6.07 Å². The van der Waals surface area contributed by atoms with Gasteiger partial charge in [0.1, 0.15) is 11.6 Å². The summed E-state index contributed by atoms with van der Waals surface area (Å²) in [4.78, 5) is 17.5. The van der Waals surface area contributed by atoms with Gasteiger partial charge >= 0.3 is 6.03 Å². The fourth-order valence-corrected chi connectivity index (χ4v) is 3.18. The van der Waals surface area contributed by atoms with Crippen LogP contribution in [0.4, 0.5) is 23.7 Å². The van der Waals surface area contributed by atoms with Crippen LogP contribution in [0.2, 0.25) is 0 Å². The summed E-state index contributed by atoms with van der Waals surface area (Å²) in [7, 11) is 0. The third-order valence-electron chi connectivity index (χ3n) is 4.75. The summed E-state index contributed by atoms with van der Waals surface area (Å²) in [5, 5.41) is 2.55. The van der Waals surface area contributed by atoms with E-state index in [1.807, 2.05) is 0 Å². The molecule has 0 bridgehead atoms. The molecule has 0 spiro atoms. The molecule has 2 heterocycles. The van der Waals surface area contributed by atoms with Crippen LogP contribution < -0.4 is 5.32 Å². The summed E-state index contributed by atoms with van der Waals surface area (Å²) in [6.07, 6.45) is 5.41. The number of hydrogen-bond donors (Lipinski definition) is 1. The number of benzene rings is 1. The van der Waals surface area contributed by atoms with Gasteiger partial charge in [-0.2, -0.15) is 0 Å². The molecule has 1 fully saturated rings. The maximum atomic E-state index is 13.7. The van der Waals surface area contributed by atoms with Crippen LogP contribution in [0.1, 0.15) is 24.8 Å². The normalized spacial score (nSPS) is 15.1.